The molecule has 1 unspecified atom stereocenters. The molecule has 0 saturated carbocycles. The van der Waals surface area contributed by atoms with Crippen LogP contribution in [0.5, 0.6) is 0 Å². The highest BCUT2D eigenvalue weighted by Gasteiger charge is 2.16. The van der Waals surface area contributed by atoms with E-state index in [9.17, 15) is 0 Å². The smallest absolute Gasteiger partial charge is 0.0772 e. The number of halogens is 1. The van der Waals surface area contributed by atoms with Crippen LogP contribution in [0.2, 0.25) is 0 Å². The van der Waals surface area contributed by atoms with Gasteiger partial charge >= 0.3 is 0 Å². The van der Waals surface area contributed by atoms with Crippen molar-refractivity contribution in [2.45, 2.75) is 19.4 Å². The molecule has 0 aliphatic heterocycles. The normalized spacial score (nSPS) is 12.9. The van der Waals surface area contributed by atoms with Crippen LogP contribution in [0.4, 0.5) is 0 Å². The Bertz CT molecular complexity index is 466. The molecule has 0 saturated heterocycles. The number of nitrogens with one attached hydrogen (secondary N) is 1. The molecule has 0 amide bonds. The lowest BCUT2D eigenvalue weighted by Gasteiger charge is -2.13. The largest absolute Gasteiger partial charge is 0.312 e. The van der Waals surface area contributed by atoms with Crippen molar-refractivity contribution in [2.75, 3.05) is 7.05 Å². The van der Waals surface area contributed by atoms with Crippen LogP contribution in [0.15, 0.2) is 15.9 Å². The topological polar surface area (TPSA) is 37.8 Å². The average molecular weight is 318 g/mol. The van der Waals surface area contributed by atoms with Crippen LogP contribution in [-0.2, 0) is 6.42 Å². The van der Waals surface area contributed by atoms with Crippen molar-refractivity contribution in [1.82, 2.24) is 14.9 Å². The molecular weight excluding hydrogens is 306 g/mol. The van der Waals surface area contributed by atoms with Gasteiger partial charge in [0.15, 0.2) is 0 Å². The first-order valence-corrected chi connectivity index (χ1v) is 7.29. The number of likely N-dealkylation sites (N-methyl/N-ethyl adjacent to an activating group) is 1. The van der Waals surface area contributed by atoms with Gasteiger partial charge in [-0.1, -0.05) is 4.49 Å². The summed E-state index contributed by atoms with van der Waals surface area (Å²) in [5.41, 5.74) is 1.03. The maximum absolute atomic E-state index is 4.05. The Balaban J connectivity index is 2.15. The van der Waals surface area contributed by atoms with Crippen molar-refractivity contribution >= 4 is 38.8 Å². The summed E-state index contributed by atoms with van der Waals surface area (Å²) in [6.07, 6.45) is 0.984. The van der Waals surface area contributed by atoms with E-state index in [1.165, 1.54) is 25.1 Å². The average Bonchev–Trinajstić information content (AvgIpc) is 2.84. The SMILES string of the molecule is CNC(Cc1ccc(Br)s1)c1snnc1C. The Hall–Kier alpha value is -0.300. The molecule has 6 heteroatoms. The van der Waals surface area contributed by atoms with Crippen LogP contribution in [0.25, 0.3) is 0 Å². The van der Waals surface area contributed by atoms with Gasteiger partial charge in [-0.15, -0.1) is 16.4 Å². The number of hydrogen-bond donors (Lipinski definition) is 1. The van der Waals surface area contributed by atoms with Crippen LogP contribution in [0.1, 0.15) is 21.5 Å². The Morgan fingerprint density at radius 3 is 2.81 bits per heavy atom. The molecule has 0 radical (unpaired) electrons. The lowest BCUT2D eigenvalue weighted by atomic mass is 10.1. The summed E-state index contributed by atoms with van der Waals surface area (Å²) in [6, 6.07) is 4.55. The van der Waals surface area contributed by atoms with Crippen LogP contribution < -0.4 is 5.32 Å². The maximum atomic E-state index is 4.05. The minimum absolute atomic E-state index is 0.311. The number of hydrogen-bond acceptors (Lipinski definition) is 5. The molecule has 0 aliphatic carbocycles. The Labute approximate surface area is 111 Å². The number of aromatic nitrogens is 2. The van der Waals surface area contributed by atoms with E-state index in [1.807, 2.05) is 14.0 Å². The predicted molar refractivity (Wildman–Crippen MR) is 72.2 cm³/mol. The van der Waals surface area contributed by atoms with Crippen LogP contribution in [-0.4, -0.2) is 16.6 Å². The number of rotatable bonds is 4. The van der Waals surface area contributed by atoms with E-state index < -0.39 is 0 Å². The molecule has 0 aromatic carbocycles. The molecule has 16 heavy (non-hydrogen) atoms. The molecule has 2 heterocycles. The summed E-state index contributed by atoms with van der Waals surface area (Å²) >= 11 is 6.74. The fraction of sp³-hybridized carbons (Fsp3) is 0.400. The van der Waals surface area contributed by atoms with Crippen molar-refractivity contribution in [3.8, 4) is 0 Å². The molecule has 3 nitrogen and oxygen atoms in total. The maximum Gasteiger partial charge on any atom is 0.0772 e. The molecule has 1 atom stereocenters. The van der Waals surface area contributed by atoms with Gasteiger partial charge in [0.2, 0.25) is 0 Å². The van der Waals surface area contributed by atoms with Gasteiger partial charge in [0.25, 0.3) is 0 Å². The zero-order chi connectivity index (χ0) is 11.5. The third-order valence-electron chi connectivity index (χ3n) is 2.39. The van der Waals surface area contributed by atoms with Crippen LogP contribution in [0, 0.1) is 6.92 Å². The van der Waals surface area contributed by atoms with E-state index in [0.29, 0.717) is 6.04 Å². The fourth-order valence-electron chi connectivity index (χ4n) is 1.55. The fourth-order valence-corrected chi connectivity index (χ4v) is 3.83. The third-order valence-corrected chi connectivity index (χ3v) is 4.97. The van der Waals surface area contributed by atoms with Crippen LogP contribution in [0.3, 0.4) is 0 Å². The van der Waals surface area contributed by atoms with E-state index in [-0.39, 0.29) is 0 Å². The quantitative estimate of drug-likeness (QED) is 0.941. The molecule has 2 aromatic heterocycles. The second-order valence-electron chi connectivity index (χ2n) is 3.47. The van der Waals surface area contributed by atoms with Gasteiger partial charge in [-0.05, 0) is 53.6 Å². The first-order valence-electron chi connectivity index (χ1n) is 4.91. The molecular formula is C10H12BrN3S2. The summed E-state index contributed by atoms with van der Waals surface area (Å²) < 4.78 is 5.16. The number of thiophene rings is 1. The molecule has 86 valence electrons. The van der Waals surface area contributed by atoms with E-state index in [0.717, 1.165) is 12.1 Å². The van der Waals surface area contributed by atoms with Crippen molar-refractivity contribution in [1.29, 1.82) is 0 Å². The van der Waals surface area contributed by atoms with E-state index in [1.54, 1.807) is 11.3 Å². The van der Waals surface area contributed by atoms with E-state index >= 15 is 0 Å². The number of nitrogens with zero attached hydrogens (tertiary/aromatic N) is 2. The van der Waals surface area contributed by atoms with Gasteiger partial charge < -0.3 is 5.32 Å². The number of aryl methyl sites for hydroxylation is 1. The molecule has 1 N–H and O–H groups in total. The van der Waals surface area contributed by atoms with Gasteiger partial charge in [-0.2, -0.15) is 0 Å². The van der Waals surface area contributed by atoms with Crippen LogP contribution >= 0.6 is 38.8 Å². The van der Waals surface area contributed by atoms with Gasteiger partial charge in [0, 0.05) is 17.3 Å². The van der Waals surface area contributed by atoms with Gasteiger partial charge in [-0.3, -0.25) is 0 Å². The predicted octanol–water partition coefficient (Wildman–Crippen LogP) is 3.17. The molecule has 0 aliphatic rings. The highest BCUT2D eigenvalue weighted by atomic mass is 79.9. The highest BCUT2D eigenvalue weighted by molar-refractivity contribution is 9.11. The minimum atomic E-state index is 0.311. The molecule has 0 spiro atoms. The Kier molecular flexibility index (Phi) is 4.07. The zero-order valence-electron chi connectivity index (χ0n) is 9.03. The zero-order valence-corrected chi connectivity index (χ0v) is 12.2. The van der Waals surface area contributed by atoms with E-state index in [2.05, 4.69) is 43.0 Å². The summed E-state index contributed by atoms with van der Waals surface area (Å²) in [5.74, 6) is 0. The van der Waals surface area contributed by atoms with Crippen molar-refractivity contribution in [2.24, 2.45) is 0 Å². The first kappa shape index (κ1) is 12.2. The van der Waals surface area contributed by atoms with Gasteiger partial charge in [0.1, 0.15) is 0 Å². The standard InChI is InChI=1S/C10H12BrN3S2/c1-6-10(16-14-13-6)8(12-2)5-7-3-4-9(11)15-7/h3-4,8,12H,5H2,1-2H3. The monoisotopic (exact) mass is 317 g/mol. The van der Waals surface area contributed by atoms with Crippen molar-refractivity contribution in [3.63, 3.8) is 0 Å². The van der Waals surface area contributed by atoms with Crippen molar-refractivity contribution in [3.05, 3.63) is 31.4 Å². The summed E-state index contributed by atoms with van der Waals surface area (Å²) in [7, 11) is 1.98. The lowest BCUT2D eigenvalue weighted by molar-refractivity contribution is 0.602. The summed E-state index contributed by atoms with van der Waals surface area (Å²) in [4.78, 5) is 2.59. The third kappa shape index (κ3) is 2.68. The second kappa shape index (κ2) is 5.35. The minimum Gasteiger partial charge on any atom is -0.312 e. The van der Waals surface area contributed by atoms with Gasteiger partial charge in [-0.25, -0.2) is 0 Å². The van der Waals surface area contributed by atoms with Gasteiger partial charge in [0.05, 0.1) is 14.4 Å². The molecule has 2 aromatic rings. The first-order chi connectivity index (χ1) is 7.70. The van der Waals surface area contributed by atoms with E-state index in [4.69, 9.17) is 0 Å². The second-order valence-corrected chi connectivity index (χ2v) is 6.81. The molecule has 0 fully saturated rings. The highest BCUT2D eigenvalue weighted by Crippen LogP contribution is 2.28. The summed E-state index contributed by atoms with van der Waals surface area (Å²) in [6.45, 7) is 2.01. The summed E-state index contributed by atoms with van der Waals surface area (Å²) in [5, 5.41) is 7.38. The molecule has 0 bridgehead atoms. The Morgan fingerprint density at radius 2 is 2.31 bits per heavy atom. The lowest BCUT2D eigenvalue weighted by Crippen LogP contribution is -2.18. The molecule has 2 rings (SSSR count). The van der Waals surface area contributed by atoms with Crippen molar-refractivity contribution < 1.29 is 0 Å². The Morgan fingerprint density at radius 1 is 1.50 bits per heavy atom.